The Kier molecular flexibility index (Phi) is 4.98. The van der Waals surface area contributed by atoms with E-state index in [-0.39, 0.29) is 5.91 Å². The highest BCUT2D eigenvalue weighted by Crippen LogP contribution is 2.20. The van der Waals surface area contributed by atoms with E-state index < -0.39 is 0 Å². The second-order valence-corrected chi connectivity index (χ2v) is 5.29. The van der Waals surface area contributed by atoms with Crippen molar-refractivity contribution in [2.24, 2.45) is 5.73 Å². The van der Waals surface area contributed by atoms with E-state index in [1.54, 1.807) is 0 Å². The zero-order valence-corrected chi connectivity index (χ0v) is 12.9. The van der Waals surface area contributed by atoms with Crippen LogP contribution in [0.3, 0.4) is 0 Å². The molecule has 2 aromatic rings. The van der Waals surface area contributed by atoms with E-state index in [2.05, 4.69) is 10.4 Å². The number of nitrogens with two attached hydrogens (primary N) is 1. The van der Waals surface area contributed by atoms with Gasteiger partial charge in [-0.05, 0) is 38.1 Å². The van der Waals surface area contributed by atoms with Gasteiger partial charge in [-0.25, -0.2) is 4.68 Å². The molecular formula is C15H19ClN4O. The normalized spacial score (nSPS) is 10.7. The fourth-order valence-corrected chi connectivity index (χ4v) is 2.33. The summed E-state index contributed by atoms with van der Waals surface area (Å²) in [6, 6.07) is 7.45. The van der Waals surface area contributed by atoms with Crippen LogP contribution in [0, 0.1) is 13.8 Å². The molecule has 21 heavy (non-hydrogen) atoms. The number of aromatic nitrogens is 2. The van der Waals surface area contributed by atoms with Crippen LogP contribution in [0.5, 0.6) is 0 Å². The van der Waals surface area contributed by atoms with Crippen molar-refractivity contribution in [3.8, 4) is 5.69 Å². The van der Waals surface area contributed by atoms with Crippen molar-refractivity contribution in [1.29, 1.82) is 0 Å². The van der Waals surface area contributed by atoms with Gasteiger partial charge in [-0.3, -0.25) is 4.79 Å². The standard InChI is InChI=1S/C15H19ClN4O/c1-10-14(9-15(21)18-8-7-17)11(2)20(19-10)13-5-3-12(16)4-6-13/h3-6H,7-9,17H2,1-2H3,(H,18,21). The molecule has 0 aliphatic carbocycles. The average molecular weight is 307 g/mol. The van der Waals surface area contributed by atoms with E-state index in [4.69, 9.17) is 17.3 Å². The van der Waals surface area contributed by atoms with Gasteiger partial charge in [-0.2, -0.15) is 5.10 Å². The van der Waals surface area contributed by atoms with Crippen molar-refractivity contribution in [2.75, 3.05) is 13.1 Å². The maximum absolute atomic E-state index is 11.8. The minimum Gasteiger partial charge on any atom is -0.355 e. The first kappa shape index (κ1) is 15.5. The first-order valence-electron chi connectivity index (χ1n) is 6.80. The SMILES string of the molecule is Cc1nn(-c2ccc(Cl)cc2)c(C)c1CC(=O)NCCN. The van der Waals surface area contributed by atoms with Gasteiger partial charge >= 0.3 is 0 Å². The van der Waals surface area contributed by atoms with Crippen molar-refractivity contribution >= 4 is 17.5 Å². The van der Waals surface area contributed by atoms with Gasteiger partial charge in [0.05, 0.1) is 17.8 Å². The van der Waals surface area contributed by atoms with Gasteiger partial charge < -0.3 is 11.1 Å². The lowest BCUT2D eigenvalue weighted by molar-refractivity contribution is -0.120. The number of benzene rings is 1. The second kappa shape index (κ2) is 6.74. The lowest BCUT2D eigenvalue weighted by Gasteiger charge is -2.06. The molecule has 1 amide bonds. The second-order valence-electron chi connectivity index (χ2n) is 4.85. The Hall–Kier alpha value is -1.85. The fourth-order valence-electron chi connectivity index (χ4n) is 2.20. The summed E-state index contributed by atoms with van der Waals surface area (Å²) in [6.45, 7) is 4.79. The number of aryl methyl sites for hydroxylation is 1. The van der Waals surface area contributed by atoms with Gasteiger partial charge in [0.25, 0.3) is 0 Å². The van der Waals surface area contributed by atoms with Crippen LogP contribution >= 0.6 is 11.6 Å². The summed E-state index contributed by atoms with van der Waals surface area (Å²) in [6.07, 6.45) is 0.311. The third kappa shape index (κ3) is 3.62. The molecule has 0 unspecified atom stereocenters. The van der Waals surface area contributed by atoms with E-state index >= 15 is 0 Å². The smallest absolute Gasteiger partial charge is 0.224 e. The molecule has 112 valence electrons. The minimum atomic E-state index is -0.0395. The average Bonchev–Trinajstić information content (AvgIpc) is 2.74. The van der Waals surface area contributed by atoms with Crippen LogP contribution in [0.2, 0.25) is 5.02 Å². The number of amides is 1. The van der Waals surface area contributed by atoms with E-state index in [0.717, 1.165) is 22.6 Å². The molecular weight excluding hydrogens is 288 g/mol. The highest BCUT2D eigenvalue weighted by molar-refractivity contribution is 6.30. The Bertz CT molecular complexity index is 634. The molecule has 0 saturated heterocycles. The van der Waals surface area contributed by atoms with E-state index in [0.29, 0.717) is 24.5 Å². The summed E-state index contributed by atoms with van der Waals surface area (Å²) in [5.74, 6) is -0.0395. The van der Waals surface area contributed by atoms with Crippen LogP contribution < -0.4 is 11.1 Å². The largest absolute Gasteiger partial charge is 0.355 e. The van der Waals surface area contributed by atoms with Gasteiger partial charge in [0.2, 0.25) is 5.91 Å². The number of nitrogens with one attached hydrogen (secondary N) is 1. The number of hydrogen-bond acceptors (Lipinski definition) is 3. The first-order valence-corrected chi connectivity index (χ1v) is 7.18. The van der Waals surface area contributed by atoms with E-state index in [1.807, 2.05) is 42.8 Å². The molecule has 0 bridgehead atoms. The van der Waals surface area contributed by atoms with Crippen LogP contribution in [-0.4, -0.2) is 28.8 Å². The molecule has 0 aliphatic rings. The van der Waals surface area contributed by atoms with Gasteiger partial charge in [-0.15, -0.1) is 0 Å². The lowest BCUT2D eigenvalue weighted by atomic mass is 10.1. The maximum Gasteiger partial charge on any atom is 0.224 e. The molecule has 0 fully saturated rings. The third-order valence-corrected chi connectivity index (χ3v) is 3.57. The molecule has 0 radical (unpaired) electrons. The van der Waals surface area contributed by atoms with Crippen LogP contribution in [0.25, 0.3) is 5.69 Å². The molecule has 1 heterocycles. The molecule has 5 nitrogen and oxygen atoms in total. The van der Waals surface area contributed by atoms with Gasteiger partial charge in [-0.1, -0.05) is 11.6 Å². The Morgan fingerprint density at radius 1 is 1.33 bits per heavy atom. The van der Waals surface area contributed by atoms with Gasteiger partial charge in [0.1, 0.15) is 0 Å². The number of nitrogens with zero attached hydrogens (tertiary/aromatic N) is 2. The zero-order chi connectivity index (χ0) is 15.4. The van der Waals surface area contributed by atoms with Crippen LogP contribution in [0.1, 0.15) is 17.0 Å². The highest BCUT2D eigenvalue weighted by atomic mass is 35.5. The number of halogens is 1. The van der Waals surface area contributed by atoms with Crippen molar-refractivity contribution < 1.29 is 4.79 Å². The Morgan fingerprint density at radius 2 is 2.00 bits per heavy atom. The highest BCUT2D eigenvalue weighted by Gasteiger charge is 2.15. The predicted octanol–water partition coefficient (Wildman–Crippen LogP) is 1.76. The molecule has 1 aromatic carbocycles. The Morgan fingerprint density at radius 3 is 2.62 bits per heavy atom. The molecule has 2 rings (SSSR count). The number of rotatable bonds is 5. The summed E-state index contributed by atoms with van der Waals surface area (Å²) in [4.78, 5) is 11.8. The van der Waals surface area contributed by atoms with Crippen LogP contribution in [-0.2, 0) is 11.2 Å². The Labute approximate surface area is 129 Å². The zero-order valence-electron chi connectivity index (χ0n) is 12.2. The van der Waals surface area contributed by atoms with Crippen LogP contribution in [0.4, 0.5) is 0 Å². The van der Waals surface area contributed by atoms with Crippen molar-refractivity contribution in [3.05, 3.63) is 46.2 Å². The molecule has 3 N–H and O–H groups in total. The number of carbonyl (C=O) groups excluding carboxylic acids is 1. The molecule has 1 aromatic heterocycles. The Balaban J connectivity index is 2.25. The van der Waals surface area contributed by atoms with Crippen molar-refractivity contribution in [3.63, 3.8) is 0 Å². The number of hydrogen-bond donors (Lipinski definition) is 2. The number of carbonyl (C=O) groups is 1. The maximum atomic E-state index is 11.8. The summed E-state index contributed by atoms with van der Waals surface area (Å²) in [7, 11) is 0. The lowest BCUT2D eigenvalue weighted by Crippen LogP contribution is -2.30. The monoisotopic (exact) mass is 306 g/mol. The summed E-state index contributed by atoms with van der Waals surface area (Å²) in [5, 5.41) is 7.97. The summed E-state index contributed by atoms with van der Waals surface area (Å²) < 4.78 is 1.83. The molecule has 0 atom stereocenters. The topological polar surface area (TPSA) is 72.9 Å². The predicted molar refractivity (Wildman–Crippen MR) is 83.8 cm³/mol. The summed E-state index contributed by atoms with van der Waals surface area (Å²) >= 11 is 5.90. The fraction of sp³-hybridized carbons (Fsp3) is 0.333. The molecule has 0 aliphatic heterocycles. The van der Waals surface area contributed by atoms with E-state index in [1.165, 1.54) is 0 Å². The van der Waals surface area contributed by atoms with Crippen LogP contribution in [0.15, 0.2) is 24.3 Å². The molecule has 0 saturated carbocycles. The van der Waals surface area contributed by atoms with Crippen molar-refractivity contribution in [1.82, 2.24) is 15.1 Å². The minimum absolute atomic E-state index is 0.0395. The molecule has 6 heteroatoms. The van der Waals surface area contributed by atoms with Crippen molar-refractivity contribution in [2.45, 2.75) is 20.3 Å². The third-order valence-electron chi connectivity index (χ3n) is 3.32. The van der Waals surface area contributed by atoms with Gasteiger partial charge in [0, 0.05) is 29.4 Å². The first-order chi connectivity index (χ1) is 10.0. The summed E-state index contributed by atoms with van der Waals surface area (Å²) in [5.41, 5.74) is 9.06. The van der Waals surface area contributed by atoms with Gasteiger partial charge in [0.15, 0.2) is 0 Å². The quantitative estimate of drug-likeness (QED) is 0.884. The van der Waals surface area contributed by atoms with E-state index in [9.17, 15) is 4.79 Å². The molecule has 0 spiro atoms.